The summed E-state index contributed by atoms with van der Waals surface area (Å²) in [6.07, 6.45) is -0.0869. The summed E-state index contributed by atoms with van der Waals surface area (Å²) in [6.45, 7) is 13.2. The zero-order valence-corrected chi connectivity index (χ0v) is 15.4. The monoisotopic (exact) mass is 351 g/mol. The molecule has 2 saturated heterocycles. The van der Waals surface area contributed by atoms with Gasteiger partial charge in [0.15, 0.2) is 0 Å². The van der Waals surface area contributed by atoms with Gasteiger partial charge in [-0.3, -0.25) is 0 Å². The molecule has 1 aromatic heterocycles. The van der Waals surface area contributed by atoms with Gasteiger partial charge in [0.2, 0.25) is 0 Å². The quantitative estimate of drug-likeness (QED) is 0.536. The summed E-state index contributed by atoms with van der Waals surface area (Å²) in [5.41, 5.74) is -2.37. The summed E-state index contributed by atoms with van der Waals surface area (Å²) in [7, 11) is 0. The Labute approximate surface area is 145 Å². The van der Waals surface area contributed by atoms with Crippen LogP contribution in [0, 0.1) is 0 Å². The topological polar surface area (TPSA) is 91.1 Å². The summed E-state index contributed by atoms with van der Waals surface area (Å²) in [4.78, 5) is 38.3. The standard InChI is InChI=1S/C17H25N3O5/c1-10(2)7-18-13(21)19(8-16(5)11(3)24-16)15(23)20(14(18)22)9-17(6)12(4)25-17/h11-12H,1,7-9H2,2-6H3. The summed E-state index contributed by atoms with van der Waals surface area (Å²) >= 11 is 0. The molecule has 3 heterocycles. The molecule has 2 fully saturated rings. The average molecular weight is 351 g/mol. The van der Waals surface area contributed by atoms with Crippen molar-refractivity contribution >= 4 is 0 Å². The number of ether oxygens (including phenoxy) is 2. The van der Waals surface area contributed by atoms with Crippen LogP contribution in [0.2, 0.25) is 0 Å². The van der Waals surface area contributed by atoms with Crippen LogP contribution < -0.4 is 17.1 Å². The predicted octanol–water partition coefficient (Wildman–Crippen LogP) is 0.103. The molecule has 3 rings (SSSR count). The van der Waals surface area contributed by atoms with Crippen molar-refractivity contribution in [2.75, 3.05) is 0 Å². The highest BCUT2D eigenvalue weighted by molar-refractivity contribution is 5.00. The van der Waals surface area contributed by atoms with E-state index in [1.165, 1.54) is 0 Å². The van der Waals surface area contributed by atoms with E-state index in [0.29, 0.717) is 5.57 Å². The van der Waals surface area contributed by atoms with Crippen LogP contribution in [0.15, 0.2) is 26.5 Å². The molecular weight excluding hydrogens is 326 g/mol. The molecule has 25 heavy (non-hydrogen) atoms. The van der Waals surface area contributed by atoms with Gasteiger partial charge in [0.25, 0.3) is 0 Å². The zero-order valence-electron chi connectivity index (χ0n) is 15.4. The second kappa shape index (κ2) is 5.54. The van der Waals surface area contributed by atoms with Crippen molar-refractivity contribution in [2.45, 2.75) is 77.7 Å². The van der Waals surface area contributed by atoms with Crippen LogP contribution in [0.4, 0.5) is 0 Å². The van der Waals surface area contributed by atoms with Gasteiger partial charge in [-0.25, -0.2) is 28.1 Å². The minimum atomic E-state index is -0.631. The van der Waals surface area contributed by atoms with Crippen LogP contribution in [-0.4, -0.2) is 37.1 Å². The Hall–Kier alpha value is -1.93. The third-order valence-corrected chi connectivity index (χ3v) is 5.26. The van der Waals surface area contributed by atoms with E-state index in [9.17, 15) is 14.4 Å². The molecule has 4 atom stereocenters. The molecule has 0 bridgehead atoms. The van der Waals surface area contributed by atoms with Crippen LogP contribution in [0.5, 0.6) is 0 Å². The number of aromatic nitrogens is 3. The van der Waals surface area contributed by atoms with E-state index in [1.807, 2.05) is 27.7 Å². The van der Waals surface area contributed by atoms with E-state index in [2.05, 4.69) is 6.58 Å². The van der Waals surface area contributed by atoms with Crippen LogP contribution in [0.3, 0.4) is 0 Å². The van der Waals surface area contributed by atoms with Gasteiger partial charge in [-0.1, -0.05) is 12.2 Å². The van der Waals surface area contributed by atoms with Gasteiger partial charge in [0.1, 0.15) is 11.2 Å². The molecule has 0 amide bonds. The first-order chi connectivity index (χ1) is 11.5. The second-order valence-corrected chi connectivity index (χ2v) is 7.71. The maximum atomic E-state index is 12.9. The third kappa shape index (κ3) is 3.04. The normalized spacial score (nSPS) is 33.3. The molecule has 0 aromatic carbocycles. The lowest BCUT2D eigenvalue weighted by Gasteiger charge is -2.16. The summed E-state index contributed by atoms with van der Waals surface area (Å²) < 4.78 is 14.2. The highest BCUT2D eigenvalue weighted by Crippen LogP contribution is 2.37. The number of nitrogens with zero attached hydrogens (tertiary/aromatic N) is 3. The summed E-state index contributed by atoms with van der Waals surface area (Å²) in [5, 5.41) is 0. The first kappa shape index (κ1) is 17.9. The van der Waals surface area contributed by atoms with Gasteiger partial charge in [0, 0.05) is 0 Å². The molecule has 1 aromatic rings. The predicted molar refractivity (Wildman–Crippen MR) is 91.9 cm³/mol. The Bertz CT molecular complexity index is 848. The van der Waals surface area contributed by atoms with Crippen molar-refractivity contribution in [1.29, 1.82) is 0 Å². The smallest absolute Gasteiger partial charge is 0.336 e. The van der Waals surface area contributed by atoms with Crippen molar-refractivity contribution in [3.8, 4) is 0 Å². The Kier molecular flexibility index (Phi) is 3.96. The molecule has 0 N–H and O–H groups in total. The number of hydrogen-bond acceptors (Lipinski definition) is 5. The first-order valence-corrected chi connectivity index (χ1v) is 8.43. The van der Waals surface area contributed by atoms with Crippen LogP contribution in [-0.2, 0) is 29.1 Å². The molecule has 138 valence electrons. The molecule has 8 heteroatoms. The summed E-state index contributed by atoms with van der Waals surface area (Å²) in [5.74, 6) is 0. The van der Waals surface area contributed by atoms with Crippen molar-refractivity contribution in [3.63, 3.8) is 0 Å². The maximum absolute atomic E-state index is 12.9. The Morgan fingerprint density at radius 2 is 1.24 bits per heavy atom. The fourth-order valence-electron chi connectivity index (χ4n) is 3.06. The van der Waals surface area contributed by atoms with Gasteiger partial charge >= 0.3 is 17.1 Å². The maximum Gasteiger partial charge on any atom is 0.336 e. The molecule has 8 nitrogen and oxygen atoms in total. The van der Waals surface area contributed by atoms with Crippen molar-refractivity contribution in [1.82, 2.24) is 13.7 Å². The molecule has 0 aliphatic carbocycles. The Morgan fingerprint density at radius 3 is 1.52 bits per heavy atom. The van der Waals surface area contributed by atoms with Crippen LogP contribution in [0.1, 0.15) is 34.6 Å². The van der Waals surface area contributed by atoms with E-state index in [4.69, 9.17) is 9.47 Å². The second-order valence-electron chi connectivity index (χ2n) is 7.71. The van der Waals surface area contributed by atoms with E-state index < -0.39 is 28.3 Å². The Balaban J connectivity index is 2.13. The largest absolute Gasteiger partial charge is 0.365 e. The highest BCUT2D eigenvalue weighted by atomic mass is 16.6. The Morgan fingerprint density at radius 1 is 0.920 bits per heavy atom. The van der Waals surface area contributed by atoms with Gasteiger partial charge < -0.3 is 9.47 Å². The lowest BCUT2D eigenvalue weighted by Crippen LogP contribution is -2.56. The lowest BCUT2D eigenvalue weighted by atomic mass is 10.1. The van der Waals surface area contributed by atoms with E-state index in [0.717, 1.165) is 13.7 Å². The fourth-order valence-corrected chi connectivity index (χ4v) is 3.06. The van der Waals surface area contributed by atoms with Crippen molar-refractivity contribution in [2.24, 2.45) is 0 Å². The number of allylic oxidation sites excluding steroid dienone is 1. The van der Waals surface area contributed by atoms with E-state index in [-0.39, 0.29) is 31.8 Å². The molecule has 2 aliphatic heterocycles. The minimum Gasteiger partial charge on any atom is -0.365 e. The van der Waals surface area contributed by atoms with E-state index in [1.54, 1.807) is 6.92 Å². The van der Waals surface area contributed by atoms with Crippen LogP contribution in [0.25, 0.3) is 0 Å². The van der Waals surface area contributed by atoms with Crippen LogP contribution >= 0.6 is 0 Å². The number of rotatable bonds is 6. The van der Waals surface area contributed by atoms with Crippen molar-refractivity contribution in [3.05, 3.63) is 43.6 Å². The van der Waals surface area contributed by atoms with E-state index >= 15 is 0 Å². The van der Waals surface area contributed by atoms with Gasteiger partial charge in [-0.15, -0.1) is 0 Å². The van der Waals surface area contributed by atoms with Gasteiger partial charge in [-0.2, -0.15) is 0 Å². The number of epoxide rings is 2. The molecule has 0 saturated carbocycles. The lowest BCUT2D eigenvalue weighted by molar-refractivity contribution is 0.258. The highest BCUT2D eigenvalue weighted by Gasteiger charge is 2.51. The third-order valence-electron chi connectivity index (χ3n) is 5.26. The molecule has 0 spiro atoms. The first-order valence-electron chi connectivity index (χ1n) is 8.43. The molecule has 2 aliphatic rings. The molecule has 4 unspecified atom stereocenters. The molecular formula is C17H25N3O5. The van der Waals surface area contributed by atoms with Gasteiger partial charge in [-0.05, 0) is 34.6 Å². The number of hydrogen-bond donors (Lipinski definition) is 0. The summed E-state index contributed by atoms with van der Waals surface area (Å²) in [6, 6.07) is 0. The zero-order chi connectivity index (χ0) is 18.7. The molecule has 0 radical (unpaired) electrons. The average Bonchev–Trinajstić information content (AvgIpc) is 3.32. The SMILES string of the molecule is C=C(C)Cn1c(=O)n(CC2(C)OC2C)c(=O)n(CC2(C)OC2C)c1=O. The van der Waals surface area contributed by atoms with Gasteiger partial charge in [0.05, 0.1) is 31.8 Å². The van der Waals surface area contributed by atoms with Crippen molar-refractivity contribution < 1.29 is 9.47 Å². The minimum absolute atomic E-state index is 0.0435. The fraction of sp³-hybridized carbons (Fsp3) is 0.706.